The van der Waals surface area contributed by atoms with E-state index in [2.05, 4.69) is 5.32 Å². The SMILES string of the molecule is CCCNC(=O)[C@H](C)OC(=O)C1CCN(S(=O)(=O)c2ccc(Cl)cc2)CC1. The molecule has 1 aromatic carbocycles. The number of benzene rings is 1. The van der Waals surface area contributed by atoms with Crippen molar-refractivity contribution in [3.8, 4) is 0 Å². The number of amides is 1. The number of sulfonamides is 1. The maximum Gasteiger partial charge on any atom is 0.309 e. The lowest BCUT2D eigenvalue weighted by atomic mass is 9.98. The van der Waals surface area contributed by atoms with E-state index >= 15 is 0 Å². The number of nitrogens with zero attached hydrogens (tertiary/aromatic N) is 1. The molecule has 1 aliphatic heterocycles. The Morgan fingerprint density at radius 3 is 2.41 bits per heavy atom. The minimum absolute atomic E-state index is 0.175. The average Bonchev–Trinajstić information content (AvgIpc) is 2.66. The molecule has 9 heteroatoms. The van der Waals surface area contributed by atoms with Gasteiger partial charge in [0.2, 0.25) is 10.0 Å². The Bertz CT molecular complexity index is 758. The van der Waals surface area contributed by atoms with E-state index in [1.165, 1.54) is 35.5 Å². The highest BCUT2D eigenvalue weighted by Gasteiger charge is 2.33. The molecule has 150 valence electrons. The molecule has 0 aliphatic carbocycles. The van der Waals surface area contributed by atoms with Crippen LogP contribution in [0.2, 0.25) is 5.02 Å². The van der Waals surface area contributed by atoms with Crippen LogP contribution in [0.15, 0.2) is 29.2 Å². The van der Waals surface area contributed by atoms with Crippen molar-refractivity contribution in [1.29, 1.82) is 0 Å². The summed E-state index contributed by atoms with van der Waals surface area (Å²) in [7, 11) is -3.62. The number of ether oxygens (including phenoxy) is 1. The first-order chi connectivity index (χ1) is 12.8. The molecule has 0 aromatic heterocycles. The largest absolute Gasteiger partial charge is 0.452 e. The van der Waals surface area contributed by atoms with Gasteiger partial charge in [-0.3, -0.25) is 9.59 Å². The Labute approximate surface area is 165 Å². The fraction of sp³-hybridized carbons (Fsp3) is 0.556. The molecule has 0 unspecified atom stereocenters. The fourth-order valence-corrected chi connectivity index (χ4v) is 4.40. The monoisotopic (exact) mass is 416 g/mol. The van der Waals surface area contributed by atoms with Gasteiger partial charge >= 0.3 is 5.97 Å². The zero-order chi connectivity index (χ0) is 20.0. The molecule has 1 aromatic rings. The summed E-state index contributed by atoms with van der Waals surface area (Å²) in [5.41, 5.74) is 0. The van der Waals surface area contributed by atoms with Gasteiger partial charge in [-0.05, 0) is 50.5 Å². The third-order valence-corrected chi connectivity index (χ3v) is 6.61. The standard InChI is InChI=1S/C18H25ClN2O5S/c1-3-10-20-17(22)13(2)26-18(23)14-8-11-21(12-9-14)27(24,25)16-6-4-15(19)5-7-16/h4-7,13-14H,3,8-12H2,1-2H3,(H,20,22)/t13-/m0/s1. The molecule has 1 heterocycles. The molecule has 1 amide bonds. The zero-order valence-electron chi connectivity index (χ0n) is 15.5. The van der Waals surface area contributed by atoms with Crippen LogP contribution in [0.5, 0.6) is 0 Å². The Morgan fingerprint density at radius 2 is 1.85 bits per heavy atom. The number of carbonyl (C=O) groups excluding carboxylic acids is 2. The first-order valence-corrected chi connectivity index (χ1v) is 10.8. The molecule has 0 saturated carbocycles. The zero-order valence-corrected chi connectivity index (χ0v) is 17.1. The van der Waals surface area contributed by atoms with Gasteiger partial charge in [0, 0.05) is 24.7 Å². The van der Waals surface area contributed by atoms with E-state index in [0.29, 0.717) is 24.4 Å². The maximum absolute atomic E-state index is 12.7. The molecule has 0 radical (unpaired) electrons. The van der Waals surface area contributed by atoms with E-state index in [1.54, 1.807) is 0 Å². The quantitative estimate of drug-likeness (QED) is 0.688. The van der Waals surface area contributed by atoms with E-state index in [1.807, 2.05) is 6.92 Å². The van der Waals surface area contributed by atoms with Crippen molar-refractivity contribution in [3.05, 3.63) is 29.3 Å². The molecule has 7 nitrogen and oxygen atoms in total. The highest BCUT2D eigenvalue weighted by Crippen LogP contribution is 2.25. The fourth-order valence-electron chi connectivity index (χ4n) is 2.80. The van der Waals surface area contributed by atoms with Gasteiger partial charge in [-0.1, -0.05) is 18.5 Å². The Morgan fingerprint density at radius 1 is 1.26 bits per heavy atom. The van der Waals surface area contributed by atoms with Crippen LogP contribution in [0.1, 0.15) is 33.1 Å². The molecular formula is C18H25ClN2O5S. The van der Waals surface area contributed by atoms with Crippen LogP contribution in [0.4, 0.5) is 0 Å². The van der Waals surface area contributed by atoms with Crippen molar-refractivity contribution in [2.45, 2.75) is 44.1 Å². The lowest BCUT2D eigenvalue weighted by Crippen LogP contribution is -2.42. The average molecular weight is 417 g/mol. The van der Waals surface area contributed by atoms with Crippen molar-refractivity contribution in [3.63, 3.8) is 0 Å². The number of carbonyl (C=O) groups is 2. The lowest BCUT2D eigenvalue weighted by molar-refractivity contribution is -0.159. The van der Waals surface area contributed by atoms with Gasteiger partial charge in [-0.15, -0.1) is 0 Å². The first-order valence-electron chi connectivity index (χ1n) is 8.99. The smallest absolute Gasteiger partial charge is 0.309 e. The second-order valence-electron chi connectivity index (χ2n) is 6.50. The van der Waals surface area contributed by atoms with Crippen LogP contribution in [0.25, 0.3) is 0 Å². The molecule has 0 spiro atoms. The summed E-state index contributed by atoms with van der Waals surface area (Å²) in [5, 5.41) is 3.14. The number of halogens is 1. The van der Waals surface area contributed by atoms with Crippen molar-refractivity contribution >= 4 is 33.5 Å². The van der Waals surface area contributed by atoms with Gasteiger partial charge in [0.05, 0.1) is 10.8 Å². The topological polar surface area (TPSA) is 92.8 Å². The summed E-state index contributed by atoms with van der Waals surface area (Å²) in [6.07, 6.45) is 0.650. The summed E-state index contributed by atoms with van der Waals surface area (Å²) in [6, 6.07) is 6.00. The van der Waals surface area contributed by atoms with E-state index in [9.17, 15) is 18.0 Å². The van der Waals surface area contributed by atoms with Gasteiger partial charge in [0.1, 0.15) is 0 Å². The molecule has 0 bridgehead atoms. The molecule has 1 fully saturated rings. The molecule has 27 heavy (non-hydrogen) atoms. The van der Waals surface area contributed by atoms with Crippen molar-refractivity contribution in [2.24, 2.45) is 5.92 Å². The first kappa shape index (κ1) is 21.7. The van der Waals surface area contributed by atoms with E-state index in [0.717, 1.165) is 6.42 Å². The van der Waals surface area contributed by atoms with E-state index < -0.39 is 28.0 Å². The van der Waals surface area contributed by atoms with Crippen LogP contribution in [0, 0.1) is 5.92 Å². The predicted molar refractivity (Wildman–Crippen MR) is 102 cm³/mol. The number of rotatable bonds is 7. The van der Waals surface area contributed by atoms with Gasteiger partial charge in [-0.2, -0.15) is 4.31 Å². The molecule has 1 N–H and O–H groups in total. The van der Waals surface area contributed by atoms with E-state index in [-0.39, 0.29) is 23.9 Å². The molecular weight excluding hydrogens is 392 g/mol. The van der Waals surface area contributed by atoms with Gasteiger partial charge < -0.3 is 10.1 Å². The Hall–Kier alpha value is -1.64. The van der Waals surface area contributed by atoms with Gasteiger partial charge in [-0.25, -0.2) is 8.42 Å². The Balaban J connectivity index is 1.89. The second kappa shape index (κ2) is 9.52. The predicted octanol–water partition coefficient (Wildman–Crippen LogP) is 2.20. The maximum atomic E-state index is 12.7. The normalized spacial score (nSPS) is 17.3. The van der Waals surface area contributed by atoms with Crippen LogP contribution < -0.4 is 5.32 Å². The number of esters is 1. The van der Waals surface area contributed by atoms with Crippen LogP contribution in [-0.2, 0) is 24.3 Å². The lowest BCUT2D eigenvalue weighted by Gasteiger charge is -2.30. The van der Waals surface area contributed by atoms with Crippen LogP contribution >= 0.6 is 11.6 Å². The van der Waals surface area contributed by atoms with Gasteiger partial charge in [0.15, 0.2) is 6.10 Å². The Kier molecular flexibility index (Phi) is 7.64. The third kappa shape index (κ3) is 5.67. The number of piperidine rings is 1. The van der Waals surface area contributed by atoms with Gasteiger partial charge in [0.25, 0.3) is 5.91 Å². The summed E-state index contributed by atoms with van der Waals surface area (Å²) >= 11 is 5.80. The van der Waals surface area contributed by atoms with Crippen LogP contribution in [0.3, 0.4) is 0 Å². The summed E-state index contributed by atoms with van der Waals surface area (Å²) in [5.74, 6) is -1.20. The molecule has 1 saturated heterocycles. The minimum Gasteiger partial charge on any atom is -0.452 e. The summed E-state index contributed by atoms with van der Waals surface area (Å²) in [6.45, 7) is 4.44. The highest BCUT2D eigenvalue weighted by molar-refractivity contribution is 7.89. The molecule has 2 rings (SSSR count). The molecule has 1 aliphatic rings. The van der Waals surface area contributed by atoms with Crippen molar-refractivity contribution in [2.75, 3.05) is 19.6 Å². The summed E-state index contributed by atoms with van der Waals surface area (Å²) in [4.78, 5) is 24.2. The van der Waals surface area contributed by atoms with Crippen molar-refractivity contribution in [1.82, 2.24) is 9.62 Å². The number of hydrogen-bond acceptors (Lipinski definition) is 5. The number of nitrogens with one attached hydrogen (secondary N) is 1. The highest BCUT2D eigenvalue weighted by atomic mass is 35.5. The van der Waals surface area contributed by atoms with Crippen LogP contribution in [-0.4, -0.2) is 50.3 Å². The summed E-state index contributed by atoms with van der Waals surface area (Å²) < 4.78 is 31.9. The molecule has 1 atom stereocenters. The second-order valence-corrected chi connectivity index (χ2v) is 8.88. The third-order valence-electron chi connectivity index (χ3n) is 4.45. The van der Waals surface area contributed by atoms with Crippen molar-refractivity contribution < 1.29 is 22.7 Å². The minimum atomic E-state index is -3.62. The number of hydrogen-bond donors (Lipinski definition) is 1. The van der Waals surface area contributed by atoms with E-state index in [4.69, 9.17) is 16.3 Å².